The summed E-state index contributed by atoms with van der Waals surface area (Å²) in [6, 6.07) is 4.32. The highest BCUT2D eigenvalue weighted by atomic mass is 16.5. The van der Waals surface area contributed by atoms with Crippen LogP contribution in [0.4, 0.5) is 0 Å². The molecule has 0 aliphatic carbocycles. The first-order chi connectivity index (χ1) is 13.1. The number of ether oxygens (including phenoxy) is 2. The predicted molar refractivity (Wildman–Crippen MR) is 111 cm³/mol. The van der Waals surface area contributed by atoms with Gasteiger partial charge in [-0.3, -0.25) is 9.59 Å². The minimum atomic E-state index is -0.634. The number of hydrogen-bond donors (Lipinski definition) is 2. The van der Waals surface area contributed by atoms with Gasteiger partial charge in [0.05, 0.1) is 14.2 Å². The lowest BCUT2D eigenvalue weighted by molar-refractivity contribution is -0.133. The van der Waals surface area contributed by atoms with Crippen LogP contribution in [0.15, 0.2) is 18.2 Å². The molecule has 0 fully saturated rings. The molecule has 0 bridgehead atoms. The van der Waals surface area contributed by atoms with Crippen molar-refractivity contribution < 1.29 is 19.1 Å². The number of methoxy groups -OCH3 is 2. The van der Waals surface area contributed by atoms with Crippen molar-refractivity contribution in [3.63, 3.8) is 0 Å². The summed E-state index contributed by atoms with van der Waals surface area (Å²) in [5.74, 6) is 0.830. The molecule has 0 heterocycles. The number of carbonyl (C=O) groups excluding carboxylic acids is 2. The quantitative estimate of drug-likeness (QED) is 0.636. The van der Waals surface area contributed by atoms with Crippen LogP contribution in [-0.2, 0) is 4.79 Å². The van der Waals surface area contributed by atoms with Crippen LogP contribution in [0, 0.1) is 11.8 Å². The average Bonchev–Trinajstić information content (AvgIpc) is 2.68. The maximum absolute atomic E-state index is 12.9. The summed E-state index contributed by atoms with van der Waals surface area (Å²) in [5, 5.41) is 2.85. The first-order valence-corrected chi connectivity index (χ1v) is 9.65. The third-order valence-corrected chi connectivity index (χ3v) is 4.86. The largest absolute Gasteiger partial charge is 0.497 e. The van der Waals surface area contributed by atoms with Crippen molar-refractivity contribution in [1.29, 1.82) is 0 Å². The van der Waals surface area contributed by atoms with Gasteiger partial charge in [0.2, 0.25) is 5.91 Å². The molecule has 7 nitrogen and oxygen atoms in total. The molecule has 2 atom stereocenters. The highest BCUT2D eigenvalue weighted by Crippen LogP contribution is 2.22. The first-order valence-electron chi connectivity index (χ1n) is 9.65. The molecule has 1 rings (SSSR count). The number of nitrogens with one attached hydrogen (secondary N) is 1. The van der Waals surface area contributed by atoms with Crippen molar-refractivity contribution >= 4 is 11.8 Å². The maximum Gasteiger partial charge on any atom is 0.252 e. The Hall–Kier alpha value is -2.28. The topological polar surface area (TPSA) is 93.9 Å². The summed E-state index contributed by atoms with van der Waals surface area (Å²) >= 11 is 0. The fourth-order valence-corrected chi connectivity index (χ4v) is 2.70. The van der Waals surface area contributed by atoms with Gasteiger partial charge < -0.3 is 25.4 Å². The number of benzene rings is 1. The summed E-state index contributed by atoms with van der Waals surface area (Å²) in [4.78, 5) is 27.3. The van der Waals surface area contributed by atoms with Gasteiger partial charge in [0, 0.05) is 31.3 Å². The van der Waals surface area contributed by atoms with Crippen molar-refractivity contribution in [3.05, 3.63) is 23.8 Å². The Kier molecular flexibility index (Phi) is 9.25. The zero-order valence-corrected chi connectivity index (χ0v) is 18.1. The second kappa shape index (κ2) is 10.9. The van der Waals surface area contributed by atoms with Crippen LogP contribution in [0.2, 0.25) is 0 Å². The first kappa shape index (κ1) is 23.8. The normalized spacial score (nSPS) is 13.2. The summed E-state index contributed by atoms with van der Waals surface area (Å²) < 4.78 is 10.4. The molecule has 7 heteroatoms. The van der Waals surface area contributed by atoms with Gasteiger partial charge in [-0.05, 0) is 30.4 Å². The van der Waals surface area contributed by atoms with E-state index >= 15 is 0 Å². The van der Waals surface area contributed by atoms with Crippen molar-refractivity contribution in [1.82, 2.24) is 10.2 Å². The highest BCUT2D eigenvalue weighted by molar-refractivity contribution is 5.98. The molecular formula is C21H35N3O4. The van der Waals surface area contributed by atoms with Crippen LogP contribution in [-0.4, -0.2) is 56.6 Å². The summed E-state index contributed by atoms with van der Waals surface area (Å²) in [6.07, 6.45) is 0.714. The van der Waals surface area contributed by atoms with Gasteiger partial charge >= 0.3 is 0 Å². The summed E-state index contributed by atoms with van der Waals surface area (Å²) in [5.41, 5.74) is 6.46. The Balaban J connectivity index is 2.89. The molecule has 0 aliphatic rings. The van der Waals surface area contributed by atoms with Gasteiger partial charge in [-0.1, -0.05) is 27.7 Å². The molecule has 0 saturated heterocycles. The zero-order valence-electron chi connectivity index (χ0n) is 18.1. The molecular weight excluding hydrogens is 358 g/mol. The molecule has 3 N–H and O–H groups in total. The van der Waals surface area contributed by atoms with E-state index in [0.29, 0.717) is 35.9 Å². The lowest BCUT2D eigenvalue weighted by Gasteiger charge is -2.28. The molecule has 0 aliphatic heterocycles. The lowest BCUT2D eigenvalue weighted by Crippen LogP contribution is -2.50. The molecule has 0 radical (unpaired) electrons. The number of nitrogens with zero attached hydrogens (tertiary/aromatic N) is 1. The number of hydrogen-bond acceptors (Lipinski definition) is 5. The molecule has 0 spiro atoms. The van der Waals surface area contributed by atoms with E-state index in [2.05, 4.69) is 19.2 Å². The van der Waals surface area contributed by atoms with E-state index in [0.717, 1.165) is 0 Å². The van der Waals surface area contributed by atoms with Crippen molar-refractivity contribution in [3.8, 4) is 11.5 Å². The molecule has 0 aromatic heterocycles. The lowest BCUT2D eigenvalue weighted by atomic mass is 10.00. The van der Waals surface area contributed by atoms with Crippen LogP contribution in [0.3, 0.4) is 0 Å². The average molecular weight is 394 g/mol. The Bertz CT molecular complexity index is 639. The third kappa shape index (κ3) is 6.71. The van der Waals surface area contributed by atoms with Crippen LogP contribution in [0.25, 0.3) is 0 Å². The highest BCUT2D eigenvalue weighted by Gasteiger charge is 2.28. The molecule has 1 aromatic rings. The second-order valence-corrected chi connectivity index (χ2v) is 7.75. The minimum absolute atomic E-state index is 0.0339. The standard InChI is InChI=1S/C21H35N3O4/c1-13(2)18(22)8-9-24(5)21(26)19(14(3)4)23-20(25)15-10-16(27-6)12-17(11-15)28-7/h10-14,18-19H,8-9,22H2,1-7H3,(H,23,25). The predicted octanol–water partition coefficient (Wildman–Crippen LogP) is 2.29. The molecule has 1 aromatic carbocycles. The van der Waals surface area contributed by atoms with Gasteiger partial charge in [-0.15, -0.1) is 0 Å². The van der Waals surface area contributed by atoms with Gasteiger partial charge in [0.1, 0.15) is 17.5 Å². The molecule has 2 unspecified atom stereocenters. The number of carbonyl (C=O) groups is 2. The van der Waals surface area contributed by atoms with Crippen LogP contribution < -0.4 is 20.5 Å². The van der Waals surface area contributed by atoms with E-state index in [1.165, 1.54) is 14.2 Å². The Morgan fingerprint density at radius 1 is 1.04 bits per heavy atom. The molecule has 158 valence electrons. The maximum atomic E-state index is 12.9. The van der Waals surface area contributed by atoms with E-state index in [1.54, 1.807) is 30.1 Å². The fraction of sp³-hybridized carbons (Fsp3) is 0.619. The monoisotopic (exact) mass is 393 g/mol. The second-order valence-electron chi connectivity index (χ2n) is 7.75. The van der Waals surface area contributed by atoms with E-state index in [4.69, 9.17) is 15.2 Å². The van der Waals surface area contributed by atoms with Gasteiger partial charge in [0.15, 0.2) is 0 Å². The summed E-state index contributed by atoms with van der Waals surface area (Å²) in [6.45, 7) is 8.48. The molecule has 28 heavy (non-hydrogen) atoms. The van der Waals surface area contributed by atoms with Gasteiger partial charge in [-0.25, -0.2) is 0 Å². The van der Waals surface area contributed by atoms with E-state index in [1.807, 2.05) is 13.8 Å². The summed E-state index contributed by atoms with van der Waals surface area (Å²) in [7, 11) is 4.78. The molecule has 2 amide bonds. The van der Waals surface area contributed by atoms with Crippen LogP contribution >= 0.6 is 0 Å². The van der Waals surface area contributed by atoms with Crippen LogP contribution in [0.1, 0.15) is 44.5 Å². The van der Waals surface area contributed by atoms with E-state index in [-0.39, 0.29) is 23.8 Å². The van der Waals surface area contributed by atoms with Crippen molar-refractivity contribution in [2.24, 2.45) is 17.6 Å². The SMILES string of the molecule is COc1cc(OC)cc(C(=O)NC(C(=O)N(C)CCC(N)C(C)C)C(C)C)c1. The fourth-order valence-electron chi connectivity index (χ4n) is 2.70. The Labute approximate surface area is 168 Å². The Morgan fingerprint density at radius 2 is 1.57 bits per heavy atom. The van der Waals surface area contributed by atoms with E-state index < -0.39 is 6.04 Å². The number of rotatable bonds is 10. The number of likely N-dealkylation sites (N-methyl/N-ethyl adjacent to an activating group) is 1. The number of amides is 2. The van der Waals surface area contributed by atoms with Gasteiger partial charge in [-0.2, -0.15) is 0 Å². The van der Waals surface area contributed by atoms with Crippen LogP contribution in [0.5, 0.6) is 11.5 Å². The minimum Gasteiger partial charge on any atom is -0.497 e. The smallest absolute Gasteiger partial charge is 0.252 e. The number of nitrogens with two attached hydrogens (primary N) is 1. The molecule has 0 saturated carbocycles. The third-order valence-electron chi connectivity index (χ3n) is 4.86. The van der Waals surface area contributed by atoms with Crippen molar-refractivity contribution in [2.45, 2.75) is 46.2 Å². The zero-order chi connectivity index (χ0) is 21.4. The van der Waals surface area contributed by atoms with Crippen molar-refractivity contribution in [2.75, 3.05) is 27.8 Å². The van der Waals surface area contributed by atoms with Gasteiger partial charge in [0.25, 0.3) is 5.91 Å². The van der Waals surface area contributed by atoms with E-state index in [9.17, 15) is 9.59 Å². The Morgan fingerprint density at radius 3 is 2.00 bits per heavy atom.